The van der Waals surface area contributed by atoms with Crippen molar-refractivity contribution >= 4 is 17.4 Å². The van der Waals surface area contributed by atoms with Gasteiger partial charge >= 0.3 is 0 Å². The van der Waals surface area contributed by atoms with E-state index in [4.69, 9.17) is 11.6 Å². The third kappa shape index (κ3) is 3.18. The van der Waals surface area contributed by atoms with Gasteiger partial charge in [0.25, 0.3) is 0 Å². The molecule has 0 radical (unpaired) electrons. The van der Waals surface area contributed by atoms with E-state index in [0.717, 1.165) is 23.8 Å². The largest absolute Gasteiger partial charge is 0.294 e. The summed E-state index contributed by atoms with van der Waals surface area (Å²) in [7, 11) is 0. The molecule has 19 heavy (non-hydrogen) atoms. The van der Waals surface area contributed by atoms with Crippen LogP contribution in [0.3, 0.4) is 0 Å². The standard InChI is InChI=1S/C15H11ClF2O/c1-9-2-4-12(13(16)6-9)15(19)8-10-7-11(17)3-5-14(10)18/h2-7H,8H2,1H3. The molecule has 2 aromatic rings. The smallest absolute Gasteiger partial charge is 0.168 e. The van der Waals surface area contributed by atoms with E-state index in [9.17, 15) is 13.6 Å². The summed E-state index contributed by atoms with van der Waals surface area (Å²) in [4.78, 5) is 12.0. The van der Waals surface area contributed by atoms with Crippen molar-refractivity contribution in [1.29, 1.82) is 0 Å². The summed E-state index contributed by atoms with van der Waals surface area (Å²) in [5.41, 5.74) is 1.27. The highest BCUT2D eigenvalue weighted by Gasteiger charge is 2.14. The van der Waals surface area contributed by atoms with E-state index in [-0.39, 0.29) is 17.8 Å². The van der Waals surface area contributed by atoms with Crippen LogP contribution in [0.5, 0.6) is 0 Å². The lowest BCUT2D eigenvalue weighted by molar-refractivity contribution is 0.0992. The number of rotatable bonds is 3. The third-order valence-corrected chi connectivity index (χ3v) is 3.10. The number of ketones is 1. The van der Waals surface area contributed by atoms with Crippen molar-refractivity contribution in [1.82, 2.24) is 0 Å². The Hall–Kier alpha value is -1.74. The summed E-state index contributed by atoms with van der Waals surface area (Å²) in [6.45, 7) is 1.85. The van der Waals surface area contributed by atoms with Gasteiger partial charge in [-0.25, -0.2) is 8.78 Å². The lowest BCUT2D eigenvalue weighted by Gasteiger charge is -2.06. The van der Waals surface area contributed by atoms with Gasteiger partial charge in [0.2, 0.25) is 0 Å². The van der Waals surface area contributed by atoms with Crippen molar-refractivity contribution in [2.24, 2.45) is 0 Å². The first-order chi connectivity index (χ1) is 8.97. The molecule has 0 saturated heterocycles. The average molecular weight is 281 g/mol. The molecule has 0 atom stereocenters. The Morgan fingerprint density at radius 3 is 2.58 bits per heavy atom. The molecule has 0 N–H and O–H groups in total. The van der Waals surface area contributed by atoms with E-state index in [1.165, 1.54) is 0 Å². The fraction of sp³-hybridized carbons (Fsp3) is 0.133. The Labute approximate surface area is 114 Å². The van der Waals surface area contributed by atoms with E-state index < -0.39 is 11.6 Å². The highest BCUT2D eigenvalue weighted by molar-refractivity contribution is 6.34. The molecule has 0 aliphatic carbocycles. The van der Waals surface area contributed by atoms with Gasteiger partial charge in [0.15, 0.2) is 5.78 Å². The van der Waals surface area contributed by atoms with Gasteiger partial charge in [-0.2, -0.15) is 0 Å². The number of carbonyl (C=O) groups is 1. The minimum Gasteiger partial charge on any atom is -0.294 e. The number of Topliss-reactive ketones (excluding diaryl/α,β-unsaturated/α-hetero) is 1. The lowest BCUT2D eigenvalue weighted by Crippen LogP contribution is -2.06. The SMILES string of the molecule is Cc1ccc(C(=O)Cc2cc(F)ccc2F)c(Cl)c1. The summed E-state index contributed by atoms with van der Waals surface area (Å²) in [6.07, 6.45) is -0.216. The van der Waals surface area contributed by atoms with Gasteiger partial charge in [0.1, 0.15) is 11.6 Å². The van der Waals surface area contributed by atoms with Crippen molar-refractivity contribution < 1.29 is 13.6 Å². The van der Waals surface area contributed by atoms with Crippen LogP contribution in [0.15, 0.2) is 36.4 Å². The van der Waals surface area contributed by atoms with Gasteiger partial charge in [0.05, 0.1) is 5.02 Å². The van der Waals surface area contributed by atoms with Gasteiger partial charge < -0.3 is 0 Å². The first kappa shape index (κ1) is 13.7. The predicted molar refractivity (Wildman–Crippen MR) is 70.6 cm³/mol. The molecule has 2 aromatic carbocycles. The van der Waals surface area contributed by atoms with Crippen LogP contribution < -0.4 is 0 Å². The molecule has 98 valence electrons. The van der Waals surface area contributed by atoms with Crippen LogP contribution in [0.1, 0.15) is 21.5 Å². The molecule has 0 aliphatic rings. The molecule has 0 amide bonds. The van der Waals surface area contributed by atoms with Crippen LogP contribution in [0, 0.1) is 18.6 Å². The minimum atomic E-state index is -0.599. The molecule has 0 aromatic heterocycles. The van der Waals surface area contributed by atoms with Crippen LogP contribution >= 0.6 is 11.6 Å². The Kier molecular flexibility index (Phi) is 3.96. The molecule has 0 saturated carbocycles. The predicted octanol–water partition coefficient (Wildman–Crippen LogP) is 4.35. The Balaban J connectivity index is 2.28. The zero-order valence-corrected chi connectivity index (χ0v) is 11.0. The van der Waals surface area contributed by atoms with Crippen molar-refractivity contribution in [3.8, 4) is 0 Å². The van der Waals surface area contributed by atoms with Gasteiger partial charge in [-0.05, 0) is 48.4 Å². The van der Waals surface area contributed by atoms with Crippen molar-refractivity contribution in [3.05, 3.63) is 69.7 Å². The van der Waals surface area contributed by atoms with E-state index in [1.807, 2.05) is 6.92 Å². The minimum absolute atomic E-state index is 0.0293. The Morgan fingerprint density at radius 2 is 1.89 bits per heavy atom. The first-order valence-corrected chi connectivity index (χ1v) is 6.08. The van der Waals surface area contributed by atoms with Crippen LogP contribution in [-0.4, -0.2) is 5.78 Å². The van der Waals surface area contributed by atoms with Crippen molar-refractivity contribution in [2.75, 3.05) is 0 Å². The van der Waals surface area contributed by atoms with E-state index in [0.29, 0.717) is 10.6 Å². The monoisotopic (exact) mass is 280 g/mol. The first-order valence-electron chi connectivity index (χ1n) is 5.70. The number of hydrogen-bond donors (Lipinski definition) is 0. The molecule has 2 rings (SSSR count). The second-order valence-corrected chi connectivity index (χ2v) is 4.73. The molecular weight excluding hydrogens is 270 g/mol. The molecule has 0 bridgehead atoms. The summed E-state index contributed by atoms with van der Waals surface area (Å²) in [6, 6.07) is 8.06. The van der Waals surface area contributed by atoms with Crippen molar-refractivity contribution in [3.63, 3.8) is 0 Å². The molecule has 1 nitrogen and oxygen atoms in total. The molecule has 0 aliphatic heterocycles. The van der Waals surface area contributed by atoms with E-state index >= 15 is 0 Å². The van der Waals surface area contributed by atoms with E-state index in [2.05, 4.69) is 0 Å². The maximum atomic E-state index is 13.5. The molecule has 0 heterocycles. The topological polar surface area (TPSA) is 17.1 Å². The van der Waals surface area contributed by atoms with Crippen molar-refractivity contribution in [2.45, 2.75) is 13.3 Å². The Bertz CT molecular complexity index is 638. The summed E-state index contributed by atoms with van der Waals surface area (Å²) < 4.78 is 26.5. The zero-order valence-electron chi connectivity index (χ0n) is 10.2. The zero-order chi connectivity index (χ0) is 14.0. The molecule has 4 heteroatoms. The van der Waals surface area contributed by atoms with Gasteiger partial charge in [-0.1, -0.05) is 17.7 Å². The lowest BCUT2D eigenvalue weighted by atomic mass is 10.0. The molecule has 0 spiro atoms. The fourth-order valence-electron chi connectivity index (χ4n) is 1.79. The molecule has 0 fully saturated rings. The highest BCUT2D eigenvalue weighted by atomic mass is 35.5. The number of benzene rings is 2. The molecule has 0 unspecified atom stereocenters. The van der Waals surface area contributed by atoms with Gasteiger partial charge in [-0.3, -0.25) is 4.79 Å². The summed E-state index contributed by atoms with van der Waals surface area (Å²) in [5, 5.41) is 0.321. The third-order valence-electron chi connectivity index (χ3n) is 2.78. The van der Waals surface area contributed by atoms with Crippen LogP contribution in [0.4, 0.5) is 8.78 Å². The highest BCUT2D eigenvalue weighted by Crippen LogP contribution is 2.20. The fourth-order valence-corrected chi connectivity index (χ4v) is 2.13. The average Bonchev–Trinajstić information content (AvgIpc) is 2.33. The van der Waals surface area contributed by atoms with Gasteiger partial charge in [-0.15, -0.1) is 0 Å². The van der Waals surface area contributed by atoms with Crippen LogP contribution in [0.25, 0.3) is 0 Å². The summed E-state index contributed by atoms with van der Waals surface area (Å²) in [5.74, 6) is -1.51. The number of carbonyl (C=O) groups excluding carboxylic acids is 1. The number of aryl methyl sites for hydroxylation is 1. The second-order valence-electron chi connectivity index (χ2n) is 4.32. The van der Waals surface area contributed by atoms with Crippen LogP contribution in [-0.2, 0) is 6.42 Å². The number of hydrogen-bond acceptors (Lipinski definition) is 1. The van der Waals surface area contributed by atoms with Crippen LogP contribution in [0.2, 0.25) is 5.02 Å². The number of halogens is 3. The van der Waals surface area contributed by atoms with Gasteiger partial charge in [0, 0.05) is 12.0 Å². The second kappa shape index (κ2) is 5.49. The normalized spacial score (nSPS) is 10.5. The maximum absolute atomic E-state index is 13.5. The van der Waals surface area contributed by atoms with E-state index in [1.54, 1.807) is 18.2 Å². The Morgan fingerprint density at radius 1 is 1.16 bits per heavy atom. The summed E-state index contributed by atoms with van der Waals surface area (Å²) >= 11 is 5.97. The maximum Gasteiger partial charge on any atom is 0.168 e. The quantitative estimate of drug-likeness (QED) is 0.764. The molecular formula is C15H11ClF2O.